The molecule has 0 saturated heterocycles. The van der Waals surface area contributed by atoms with Gasteiger partial charge in [-0.1, -0.05) is 70.1 Å². The molecule has 2 N–H and O–H groups in total. The average Bonchev–Trinajstić information content (AvgIpc) is 3.57. The molecule has 2 aliphatic rings. The van der Waals surface area contributed by atoms with Crippen molar-refractivity contribution in [2.45, 2.75) is 37.1 Å². The minimum atomic E-state index is -4.07. The molecule has 0 spiro atoms. The summed E-state index contributed by atoms with van der Waals surface area (Å²) < 4.78 is 66.5. The van der Waals surface area contributed by atoms with Crippen LogP contribution in [0.15, 0.2) is 80.7 Å². The van der Waals surface area contributed by atoms with Gasteiger partial charge >= 0.3 is 0 Å². The third-order valence-electron chi connectivity index (χ3n) is 7.03. The number of benzene rings is 2. The number of thioether (sulfide) groups is 1. The third kappa shape index (κ3) is 8.48. The summed E-state index contributed by atoms with van der Waals surface area (Å²) in [5.41, 5.74) is 3.70. The summed E-state index contributed by atoms with van der Waals surface area (Å²) >= 11 is 22.4. The first kappa shape index (κ1) is 33.5. The summed E-state index contributed by atoms with van der Waals surface area (Å²) in [7, 11) is -8.14. The van der Waals surface area contributed by atoms with Gasteiger partial charge in [0.15, 0.2) is 6.54 Å². The molecule has 234 valence electrons. The summed E-state index contributed by atoms with van der Waals surface area (Å²) in [5.74, 6) is -0.674. The van der Waals surface area contributed by atoms with Crippen molar-refractivity contribution in [2.24, 2.45) is 0 Å². The Morgan fingerprint density at radius 2 is 1.59 bits per heavy atom. The van der Waals surface area contributed by atoms with E-state index in [1.165, 1.54) is 0 Å². The first-order valence-electron chi connectivity index (χ1n) is 13.5. The maximum absolute atomic E-state index is 11.3. The molecule has 2 heterocycles. The SMILES string of the molecule is O=S(=O)(O)CCCN1/C(=C/C=C2\CCC(/C=C/c3sc4ccc(Cl)cc4[n+]3CCCS(=O)(=O)O)=C2Cl)Sc2ccc(Cl)cc21. The highest BCUT2D eigenvalue weighted by atomic mass is 35.5. The lowest BCUT2D eigenvalue weighted by Gasteiger charge is -2.20. The Bertz CT molecular complexity index is 1950. The molecule has 5 rings (SSSR count). The molecule has 0 radical (unpaired) electrons. The van der Waals surface area contributed by atoms with Gasteiger partial charge in [0.05, 0.1) is 22.2 Å². The van der Waals surface area contributed by atoms with Crippen LogP contribution in [0.1, 0.15) is 30.7 Å². The first-order chi connectivity index (χ1) is 20.8. The summed E-state index contributed by atoms with van der Waals surface area (Å²) in [4.78, 5) is 2.99. The monoisotopic (exact) mass is 733 g/mol. The summed E-state index contributed by atoms with van der Waals surface area (Å²) in [6.07, 6.45) is 9.86. The van der Waals surface area contributed by atoms with E-state index < -0.39 is 20.2 Å². The third-order valence-corrected chi connectivity index (χ3v) is 11.9. The molecule has 1 aromatic heterocycles. The number of hydrogen-bond acceptors (Lipinski definition) is 7. The van der Waals surface area contributed by atoms with Gasteiger partial charge in [-0.2, -0.15) is 21.4 Å². The molecule has 0 bridgehead atoms. The lowest BCUT2D eigenvalue weighted by atomic mass is 10.2. The molecule has 0 amide bonds. The van der Waals surface area contributed by atoms with Crippen LogP contribution in [-0.4, -0.2) is 44.0 Å². The van der Waals surface area contributed by atoms with E-state index in [4.69, 9.17) is 34.8 Å². The van der Waals surface area contributed by atoms with Gasteiger partial charge in [0.25, 0.3) is 25.2 Å². The van der Waals surface area contributed by atoms with Crippen LogP contribution in [0.5, 0.6) is 0 Å². The minimum Gasteiger partial charge on any atom is -0.335 e. The highest BCUT2D eigenvalue weighted by Gasteiger charge is 2.26. The number of thiazole rings is 1. The van der Waals surface area contributed by atoms with E-state index in [0.29, 0.717) is 28.2 Å². The van der Waals surface area contributed by atoms with Gasteiger partial charge in [0.2, 0.25) is 5.52 Å². The zero-order valence-electron chi connectivity index (χ0n) is 23.1. The van der Waals surface area contributed by atoms with E-state index in [9.17, 15) is 25.9 Å². The number of aryl methyl sites for hydroxylation is 1. The van der Waals surface area contributed by atoms with Crippen LogP contribution in [-0.2, 0) is 26.8 Å². The lowest BCUT2D eigenvalue weighted by Crippen LogP contribution is -2.36. The Kier molecular flexibility index (Phi) is 10.6. The highest BCUT2D eigenvalue weighted by Crippen LogP contribution is 2.47. The number of nitrogens with zero attached hydrogens (tertiary/aromatic N) is 2. The van der Waals surface area contributed by atoms with Gasteiger partial charge < -0.3 is 4.90 Å². The van der Waals surface area contributed by atoms with Gasteiger partial charge in [-0.05, 0) is 66.8 Å². The summed E-state index contributed by atoms with van der Waals surface area (Å²) in [5, 5.41) is 3.59. The predicted octanol–water partition coefficient (Wildman–Crippen LogP) is 7.73. The zero-order valence-corrected chi connectivity index (χ0v) is 28.7. The fourth-order valence-electron chi connectivity index (χ4n) is 5.02. The zero-order chi connectivity index (χ0) is 31.6. The quantitative estimate of drug-likeness (QED) is 0.152. The molecule has 1 aliphatic carbocycles. The number of rotatable bonds is 11. The van der Waals surface area contributed by atoms with Crippen LogP contribution in [0.25, 0.3) is 16.3 Å². The second-order valence-electron chi connectivity index (χ2n) is 10.2. The van der Waals surface area contributed by atoms with Crippen LogP contribution >= 0.6 is 57.9 Å². The van der Waals surface area contributed by atoms with E-state index in [1.54, 1.807) is 23.1 Å². The van der Waals surface area contributed by atoms with Crippen molar-refractivity contribution in [2.75, 3.05) is 23.0 Å². The molecule has 44 heavy (non-hydrogen) atoms. The molecule has 2 aromatic carbocycles. The molecule has 0 unspecified atom stereocenters. The summed E-state index contributed by atoms with van der Waals surface area (Å²) in [6.45, 7) is 0.772. The second-order valence-corrected chi connectivity index (χ2v) is 16.7. The molecule has 3 aromatic rings. The Morgan fingerprint density at radius 3 is 2.34 bits per heavy atom. The van der Waals surface area contributed by atoms with Crippen molar-refractivity contribution in [3.63, 3.8) is 0 Å². The van der Waals surface area contributed by atoms with Crippen molar-refractivity contribution >= 4 is 100 Å². The van der Waals surface area contributed by atoms with Gasteiger partial charge in [-0.3, -0.25) is 9.11 Å². The Morgan fingerprint density at radius 1 is 0.886 bits per heavy atom. The fraction of sp³-hybridized carbons (Fsp3) is 0.276. The Hall–Kier alpha value is -1.87. The van der Waals surface area contributed by atoms with Crippen molar-refractivity contribution < 1.29 is 30.5 Å². The number of halogens is 3. The van der Waals surface area contributed by atoms with E-state index in [1.807, 2.05) is 70.2 Å². The molecular formula is C29H28Cl3N2O6S4+. The molecular weight excluding hydrogens is 707 g/mol. The van der Waals surface area contributed by atoms with Gasteiger partial charge in [0, 0.05) is 45.1 Å². The van der Waals surface area contributed by atoms with Crippen LogP contribution in [0.3, 0.4) is 0 Å². The number of allylic oxidation sites excluding steroid dienone is 6. The standard InChI is InChI=1S/C29H27Cl3N2O6S4/c30-21-7-9-25-23(17-21)33(13-1-15-43(35,36)37)27(41-25)11-5-19-3-4-20(29(19)32)6-12-28-34(14-2-16-44(38,39)40)24-18-22(31)8-10-26(24)42-28/h5-12,17-18H,1-4,13-16H2,(H-,35,36,37,38,39,40)/p+1. The van der Waals surface area contributed by atoms with E-state index in [2.05, 4.69) is 0 Å². The van der Waals surface area contributed by atoms with Crippen molar-refractivity contribution in [3.8, 4) is 0 Å². The van der Waals surface area contributed by atoms with Crippen LogP contribution in [0.2, 0.25) is 10.0 Å². The van der Waals surface area contributed by atoms with E-state index in [-0.39, 0.29) is 24.3 Å². The molecule has 1 aliphatic heterocycles. The molecule has 8 nitrogen and oxygen atoms in total. The number of fused-ring (bicyclic) bond motifs is 2. The average molecular weight is 735 g/mol. The smallest absolute Gasteiger partial charge is 0.265 e. The molecule has 0 fully saturated rings. The molecule has 0 atom stereocenters. The van der Waals surface area contributed by atoms with Gasteiger partial charge in [0.1, 0.15) is 4.70 Å². The Balaban J connectivity index is 1.38. The minimum absolute atomic E-state index is 0.245. The molecule has 0 saturated carbocycles. The maximum Gasteiger partial charge on any atom is 0.265 e. The first-order valence-corrected chi connectivity index (χ1v) is 19.5. The number of hydrogen-bond donors (Lipinski definition) is 2. The van der Waals surface area contributed by atoms with Crippen molar-refractivity contribution in [3.05, 3.63) is 90.9 Å². The number of anilines is 1. The van der Waals surface area contributed by atoms with E-state index >= 15 is 0 Å². The summed E-state index contributed by atoms with van der Waals surface area (Å²) in [6, 6.07) is 11.2. The second kappa shape index (κ2) is 13.9. The van der Waals surface area contributed by atoms with Crippen LogP contribution < -0.4 is 9.47 Å². The topological polar surface area (TPSA) is 116 Å². The Labute approximate surface area is 279 Å². The fourth-order valence-corrected chi connectivity index (χ4v) is 8.80. The normalized spacial score (nSPS) is 17.7. The maximum atomic E-state index is 11.3. The predicted molar refractivity (Wildman–Crippen MR) is 181 cm³/mol. The highest BCUT2D eigenvalue weighted by molar-refractivity contribution is 8.03. The van der Waals surface area contributed by atoms with Gasteiger partial charge in [-0.25, -0.2) is 0 Å². The number of aromatic nitrogens is 1. The van der Waals surface area contributed by atoms with Gasteiger partial charge in [-0.15, -0.1) is 0 Å². The van der Waals surface area contributed by atoms with E-state index in [0.717, 1.165) is 54.8 Å². The van der Waals surface area contributed by atoms with Crippen molar-refractivity contribution in [1.29, 1.82) is 0 Å². The molecule has 15 heteroatoms. The van der Waals surface area contributed by atoms with Crippen LogP contribution in [0.4, 0.5) is 5.69 Å². The van der Waals surface area contributed by atoms with Crippen LogP contribution in [0, 0.1) is 0 Å². The largest absolute Gasteiger partial charge is 0.335 e. The lowest BCUT2D eigenvalue weighted by molar-refractivity contribution is -0.668. The van der Waals surface area contributed by atoms with Crippen molar-refractivity contribution in [1.82, 2.24) is 0 Å².